The molecule has 0 N–H and O–H groups in total. The molecule has 0 bridgehead atoms. The largest absolute Gasteiger partial charge is 0.496 e. The van der Waals surface area contributed by atoms with Crippen LogP contribution in [0.5, 0.6) is 28.7 Å². The topological polar surface area (TPSA) is 80.3 Å². The van der Waals surface area contributed by atoms with Crippen molar-refractivity contribution in [3.8, 4) is 28.7 Å². The molecule has 0 saturated heterocycles. The van der Waals surface area contributed by atoms with Gasteiger partial charge in [-0.25, -0.2) is 4.79 Å². The van der Waals surface area contributed by atoms with Crippen LogP contribution in [0.4, 0.5) is 0 Å². The van der Waals surface area contributed by atoms with Gasteiger partial charge in [0.15, 0.2) is 5.76 Å². The zero-order valence-electron chi connectivity index (χ0n) is 18.0. The van der Waals surface area contributed by atoms with Crippen LogP contribution >= 0.6 is 15.9 Å². The van der Waals surface area contributed by atoms with Gasteiger partial charge >= 0.3 is 5.97 Å². The normalized spacial score (nSPS) is 13.3. The summed E-state index contributed by atoms with van der Waals surface area (Å²) in [7, 11) is 4.46. The number of ether oxygens (including phenoxy) is 5. The molecule has 0 radical (unpaired) electrons. The first kappa shape index (κ1) is 22.4. The number of ketones is 1. The summed E-state index contributed by atoms with van der Waals surface area (Å²) in [5.41, 5.74) is 1.20. The number of fused-ring (bicyclic) bond motifs is 1. The molecule has 168 valence electrons. The molecule has 8 heteroatoms. The van der Waals surface area contributed by atoms with E-state index in [1.54, 1.807) is 43.5 Å². The first-order chi connectivity index (χ1) is 15.9. The van der Waals surface area contributed by atoms with E-state index in [-0.39, 0.29) is 28.6 Å². The molecule has 0 aliphatic carbocycles. The third kappa shape index (κ3) is 4.42. The third-order valence-corrected chi connectivity index (χ3v) is 5.46. The van der Waals surface area contributed by atoms with E-state index in [1.807, 2.05) is 12.1 Å². The Hall–Kier alpha value is -3.78. The number of benzene rings is 3. The number of halogens is 1. The van der Waals surface area contributed by atoms with Crippen molar-refractivity contribution < 1.29 is 33.3 Å². The van der Waals surface area contributed by atoms with Crippen molar-refractivity contribution in [2.75, 3.05) is 21.3 Å². The molecule has 1 heterocycles. The van der Waals surface area contributed by atoms with E-state index in [0.717, 1.165) is 4.47 Å². The number of methoxy groups -OCH3 is 3. The van der Waals surface area contributed by atoms with Gasteiger partial charge in [-0.3, -0.25) is 4.79 Å². The lowest BCUT2D eigenvalue weighted by Crippen LogP contribution is -2.12. The second-order valence-electron chi connectivity index (χ2n) is 6.91. The predicted molar refractivity (Wildman–Crippen MR) is 125 cm³/mol. The van der Waals surface area contributed by atoms with Crippen LogP contribution in [0.1, 0.15) is 26.3 Å². The number of hydrogen-bond donors (Lipinski definition) is 0. The van der Waals surface area contributed by atoms with E-state index in [9.17, 15) is 9.59 Å². The van der Waals surface area contributed by atoms with Crippen LogP contribution in [0.2, 0.25) is 0 Å². The second-order valence-corrected chi connectivity index (χ2v) is 7.83. The van der Waals surface area contributed by atoms with Crippen molar-refractivity contribution in [3.05, 3.63) is 81.5 Å². The van der Waals surface area contributed by atoms with Crippen molar-refractivity contribution in [3.63, 3.8) is 0 Å². The fraction of sp³-hybridized carbons (Fsp3) is 0.120. The molecule has 7 nitrogen and oxygen atoms in total. The second kappa shape index (κ2) is 9.38. The van der Waals surface area contributed by atoms with Gasteiger partial charge < -0.3 is 23.7 Å². The van der Waals surface area contributed by atoms with Crippen molar-refractivity contribution in [2.45, 2.75) is 0 Å². The molecule has 0 aromatic heterocycles. The minimum absolute atomic E-state index is 0.135. The van der Waals surface area contributed by atoms with Gasteiger partial charge in [-0.1, -0.05) is 22.0 Å². The highest BCUT2D eigenvalue weighted by atomic mass is 79.9. The van der Waals surface area contributed by atoms with Gasteiger partial charge in [-0.2, -0.15) is 0 Å². The summed E-state index contributed by atoms with van der Waals surface area (Å²) in [6.45, 7) is 0. The van der Waals surface area contributed by atoms with E-state index in [2.05, 4.69) is 15.9 Å². The van der Waals surface area contributed by atoms with E-state index in [0.29, 0.717) is 28.4 Å². The molecule has 1 aliphatic rings. The minimum Gasteiger partial charge on any atom is -0.496 e. The van der Waals surface area contributed by atoms with E-state index < -0.39 is 5.97 Å². The lowest BCUT2D eigenvalue weighted by molar-refractivity contribution is 0.0727. The third-order valence-electron chi connectivity index (χ3n) is 4.96. The monoisotopic (exact) mass is 510 g/mol. The number of rotatable bonds is 6. The Morgan fingerprint density at radius 1 is 0.909 bits per heavy atom. The summed E-state index contributed by atoms with van der Waals surface area (Å²) in [5, 5.41) is 0. The van der Waals surface area contributed by atoms with E-state index in [4.69, 9.17) is 23.7 Å². The highest BCUT2D eigenvalue weighted by Gasteiger charge is 2.29. The number of allylic oxidation sites excluding steroid dienone is 1. The summed E-state index contributed by atoms with van der Waals surface area (Å²) < 4.78 is 28.0. The average Bonchev–Trinajstić information content (AvgIpc) is 3.12. The number of carbonyl (C=O) groups excluding carboxylic acids is 2. The van der Waals surface area contributed by atoms with Gasteiger partial charge in [0.2, 0.25) is 5.78 Å². The van der Waals surface area contributed by atoms with E-state index >= 15 is 0 Å². The van der Waals surface area contributed by atoms with Crippen molar-refractivity contribution >= 4 is 33.8 Å². The maximum Gasteiger partial charge on any atom is 0.351 e. The lowest BCUT2D eigenvalue weighted by Gasteiger charge is -2.12. The van der Waals surface area contributed by atoms with Gasteiger partial charge in [-0.15, -0.1) is 0 Å². The zero-order chi connectivity index (χ0) is 23.5. The summed E-state index contributed by atoms with van der Waals surface area (Å²) in [4.78, 5) is 25.6. The highest BCUT2D eigenvalue weighted by Crippen LogP contribution is 2.37. The number of hydrogen-bond acceptors (Lipinski definition) is 7. The van der Waals surface area contributed by atoms with Crippen LogP contribution in [-0.4, -0.2) is 33.1 Å². The fourth-order valence-corrected chi connectivity index (χ4v) is 3.78. The maximum atomic E-state index is 12.8. The van der Waals surface area contributed by atoms with Crippen LogP contribution < -0.4 is 23.7 Å². The maximum absolute atomic E-state index is 12.8. The lowest BCUT2D eigenvalue weighted by atomic mass is 10.1. The molecule has 0 spiro atoms. The molecule has 1 aliphatic heterocycles. The minimum atomic E-state index is -0.664. The molecular formula is C25H19BrO7. The van der Waals surface area contributed by atoms with Crippen LogP contribution in [0.15, 0.2) is 64.8 Å². The van der Waals surface area contributed by atoms with Crippen LogP contribution in [-0.2, 0) is 0 Å². The Bertz CT molecular complexity index is 1260. The molecule has 4 rings (SSSR count). The Morgan fingerprint density at radius 3 is 2.27 bits per heavy atom. The Morgan fingerprint density at radius 2 is 1.61 bits per heavy atom. The highest BCUT2D eigenvalue weighted by molar-refractivity contribution is 9.10. The molecule has 0 amide bonds. The van der Waals surface area contributed by atoms with Crippen molar-refractivity contribution in [2.24, 2.45) is 0 Å². The summed E-state index contributed by atoms with van der Waals surface area (Å²) in [6.07, 6.45) is 1.61. The summed E-state index contributed by atoms with van der Waals surface area (Å²) in [5.74, 6) is 0.924. The standard InChI is InChI=1S/C25H19BrO7/c1-29-18-10-7-15(26)11-14(18)12-22-24(27)17-9-8-16(13-21(17)33-22)32-25(28)23-19(30-2)5-4-6-20(23)31-3/h4-13H,1-3H3. The summed E-state index contributed by atoms with van der Waals surface area (Å²) >= 11 is 3.41. The van der Waals surface area contributed by atoms with Gasteiger partial charge in [0.25, 0.3) is 0 Å². The Kier molecular flexibility index (Phi) is 6.37. The molecule has 33 heavy (non-hydrogen) atoms. The van der Waals surface area contributed by atoms with Gasteiger partial charge in [0.1, 0.15) is 34.3 Å². The quantitative estimate of drug-likeness (QED) is 0.252. The average molecular weight is 511 g/mol. The van der Waals surface area contributed by atoms with Gasteiger partial charge in [-0.05, 0) is 48.5 Å². The van der Waals surface area contributed by atoms with Crippen molar-refractivity contribution in [1.82, 2.24) is 0 Å². The molecule has 3 aromatic rings. The summed E-state index contributed by atoms with van der Waals surface area (Å²) in [6, 6.07) is 15.0. The van der Waals surface area contributed by atoms with Crippen LogP contribution in [0.25, 0.3) is 6.08 Å². The Labute approximate surface area is 198 Å². The SMILES string of the molecule is COc1ccc(Br)cc1C=C1Oc2cc(OC(=O)c3c(OC)cccc3OC)ccc2C1=O. The van der Waals surface area contributed by atoms with Gasteiger partial charge in [0, 0.05) is 16.1 Å². The number of Topliss-reactive ketones (excluding diaryl/α,β-unsaturated/α-hetero) is 1. The van der Waals surface area contributed by atoms with Gasteiger partial charge in [0.05, 0.1) is 26.9 Å². The zero-order valence-corrected chi connectivity index (χ0v) is 19.6. The van der Waals surface area contributed by atoms with Crippen LogP contribution in [0.3, 0.4) is 0 Å². The van der Waals surface area contributed by atoms with Crippen LogP contribution in [0, 0.1) is 0 Å². The van der Waals surface area contributed by atoms with E-state index in [1.165, 1.54) is 26.4 Å². The number of esters is 1. The first-order valence-electron chi connectivity index (χ1n) is 9.80. The molecular weight excluding hydrogens is 492 g/mol. The molecule has 0 fully saturated rings. The molecule has 0 saturated carbocycles. The van der Waals surface area contributed by atoms with Crippen molar-refractivity contribution in [1.29, 1.82) is 0 Å². The molecule has 0 unspecified atom stereocenters. The first-order valence-corrected chi connectivity index (χ1v) is 10.6. The molecule has 0 atom stereocenters. The predicted octanol–water partition coefficient (Wildman–Crippen LogP) is 5.31. The fourth-order valence-electron chi connectivity index (χ4n) is 3.40. The Balaban J connectivity index is 1.61. The number of carbonyl (C=O) groups is 2. The smallest absolute Gasteiger partial charge is 0.351 e. The molecule has 3 aromatic carbocycles.